The van der Waals surface area contributed by atoms with Gasteiger partial charge in [-0.2, -0.15) is 5.10 Å². The summed E-state index contributed by atoms with van der Waals surface area (Å²) in [4.78, 5) is 0. The number of hydrogen-bond donors (Lipinski definition) is 1. The van der Waals surface area contributed by atoms with Gasteiger partial charge in [0.2, 0.25) is 0 Å². The molecule has 0 saturated heterocycles. The van der Waals surface area contributed by atoms with Crippen LogP contribution in [0.1, 0.15) is 37.8 Å². The first-order chi connectivity index (χ1) is 9.12. The highest BCUT2D eigenvalue weighted by molar-refractivity contribution is 5.34. The summed E-state index contributed by atoms with van der Waals surface area (Å²) in [6.45, 7) is 0. The van der Waals surface area contributed by atoms with Crippen LogP contribution in [0.4, 0.5) is 0 Å². The van der Waals surface area contributed by atoms with Crippen LogP contribution in [0.2, 0.25) is 0 Å². The van der Waals surface area contributed by atoms with E-state index in [1.165, 1.54) is 32.1 Å². The summed E-state index contributed by atoms with van der Waals surface area (Å²) in [6, 6.07) is 0. The van der Waals surface area contributed by atoms with E-state index in [4.69, 9.17) is 4.74 Å². The second kappa shape index (κ2) is 3.75. The molecule has 4 bridgehead atoms. The number of rotatable bonds is 2. The normalized spacial score (nSPS) is 43.7. The topological polar surface area (TPSA) is 47.3 Å². The molecule has 19 heavy (non-hydrogen) atoms. The third kappa shape index (κ3) is 1.41. The lowest BCUT2D eigenvalue weighted by molar-refractivity contribution is -0.183. The lowest BCUT2D eigenvalue weighted by Crippen LogP contribution is -2.56. The first-order valence-corrected chi connectivity index (χ1v) is 7.41. The minimum Gasteiger partial charge on any atom is -0.493 e. The summed E-state index contributed by atoms with van der Waals surface area (Å²) in [5.74, 6) is 3.24. The van der Waals surface area contributed by atoms with E-state index in [1.807, 2.05) is 11.7 Å². The van der Waals surface area contributed by atoms with Gasteiger partial charge in [-0.3, -0.25) is 4.68 Å². The second-order valence-corrected chi connectivity index (χ2v) is 6.81. The largest absolute Gasteiger partial charge is 0.493 e. The summed E-state index contributed by atoms with van der Waals surface area (Å²) < 4.78 is 7.27. The lowest BCUT2D eigenvalue weighted by Gasteiger charge is -2.58. The highest BCUT2D eigenvalue weighted by Gasteiger charge is 2.59. The van der Waals surface area contributed by atoms with Crippen LogP contribution >= 0.6 is 0 Å². The maximum Gasteiger partial charge on any atom is 0.162 e. The van der Waals surface area contributed by atoms with Gasteiger partial charge >= 0.3 is 0 Å². The molecule has 0 amide bonds. The van der Waals surface area contributed by atoms with Crippen LogP contribution in [0.3, 0.4) is 0 Å². The van der Waals surface area contributed by atoms with Gasteiger partial charge < -0.3 is 9.84 Å². The molecule has 0 radical (unpaired) electrons. The van der Waals surface area contributed by atoms with Crippen molar-refractivity contribution >= 4 is 0 Å². The summed E-state index contributed by atoms with van der Waals surface area (Å²) in [6.07, 6.45) is 7.84. The van der Waals surface area contributed by atoms with E-state index in [9.17, 15) is 5.11 Å². The molecular formula is C15H22N2O2. The molecule has 1 heterocycles. The Balaban J connectivity index is 1.82. The van der Waals surface area contributed by atoms with E-state index in [1.54, 1.807) is 13.3 Å². The molecule has 4 nitrogen and oxygen atoms in total. The number of methoxy groups -OCH3 is 1. The third-order valence-electron chi connectivity index (χ3n) is 5.89. The Morgan fingerprint density at radius 1 is 1.21 bits per heavy atom. The van der Waals surface area contributed by atoms with Gasteiger partial charge in [0.25, 0.3) is 0 Å². The highest BCUT2D eigenvalue weighted by atomic mass is 16.5. The average molecular weight is 262 g/mol. The molecule has 104 valence electrons. The fourth-order valence-electron chi connectivity index (χ4n) is 5.31. The zero-order valence-electron chi connectivity index (χ0n) is 11.7. The lowest BCUT2D eigenvalue weighted by atomic mass is 9.49. The fraction of sp³-hybridized carbons (Fsp3) is 0.800. The van der Waals surface area contributed by atoms with Gasteiger partial charge in [-0.05, 0) is 55.8 Å². The van der Waals surface area contributed by atoms with Gasteiger partial charge in [0.15, 0.2) is 5.75 Å². The van der Waals surface area contributed by atoms with Gasteiger partial charge in [0.1, 0.15) is 11.3 Å². The molecule has 0 spiro atoms. The molecule has 0 aliphatic heterocycles. The van der Waals surface area contributed by atoms with Crippen molar-refractivity contribution in [3.8, 4) is 5.75 Å². The van der Waals surface area contributed by atoms with Crippen LogP contribution in [-0.2, 0) is 12.6 Å². The number of aromatic nitrogens is 2. The molecule has 4 heteroatoms. The molecule has 1 aromatic heterocycles. The van der Waals surface area contributed by atoms with Crippen molar-refractivity contribution in [2.24, 2.45) is 30.7 Å². The zero-order valence-corrected chi connectivity index (χ0v) is 11.7. The van der Waals surface area contributed by atoms with Crippen LogP contribution in [-0.4, -0.2) is 22.0 Å². The Bertz CT molecular complexity index is 480. The number of aryl methyl sites for hydroxylation is 1. The number of aliphatic hydroxyl groups is 1. The van der Waals surface area contributed by atoms with Crippen LogP contribution in [0.5, 0.6) is 5.75 Å². The molecule has 4 aliphatic rings. The Morgan fingerprint density at radius 3 is 2.32 bits per heavy atom. The number of ether oxygens (including phenoxy) is 1. The molecule has 4 fully saturated rings. The predicted molar refractivity (Wildman–Crippen MR) is 70.7 cm³/mol. The second-order valence-electron chi connectivity index (χ2n) is 6.81. The van der Waals surface area contributed by atoms with Gasteiger partial charge in [-0.25, -0.2) is 0 Å². The monoisotopic (exact) mass is 262 g/mol. The average Bonchev–Trinajstić information content (AvgIpc) is 2.76. The van der Waals surface area contributed by atoms with E-state index < -0.39 is 5.60 Å². The van der Waals surface area contributed by atoms with E-state index >= 15 is 0 Å². The van der Waals surface area contributed by atoms with E-state index in [-0.39, 0.29) is 0 Å². The van der Waals surface area contributed by atoms with Gasteiger partial charge in [0.05, 0.1) is 13.3 Å². The molecule has 1 aromatic rings. The molecular weight excluding hydrogens is 240 g/mol. The van der Waals surface area contributed by atoms with Crippen LogP contribution in [0.25, 0.3) is 0 Å². The van der Waals surface area contributed by atoms with E-state index in [2.05, 4.69) is 5.10 Å². The quantitative estimate of drug-likeness (QED) is 0.887. The Kier molecular flexibility index (Phi) is 2.32. The molecule has 0 aromatic carbocycles. The number of nitrogens with zero attached hydrogens (tertiary/aromatic N) is 2. The van der Waals surface area contributed by atoms with Crippen molar-refractivity contribution in [2.75, 3.05) is 7.11 Å². The van der Waals surface area contributed by atoms with Crippen molar-refractivity contribution in [3.63, 3.8) is 0 Å². The van der Waals surface area contributed by atoms with Crippen LogP contribution in [0, 0.1) is 23.7 Å². The molecule has 1 N–H and O–H groups in total. The SMILES string of the molecule is COc1cnn(C)c1C1(O)C2CC3CC(C2)CC1C3. The Hall–Kier alpha value is -1.03. The summed E-state index contributed by atoms with van der Waals surface area (Å²) in [7, 11) is 3.58. The molecule has 0 atom stereocenters. The molecule has 5 rings (SSSR count). The first-order valence-electron chi connectivity index (χ1n) is 7.41. The van der Waals surface area contributed by atoms with Crippen molar-refractivity contribution in [3.05, 3.63) is 11.9 Å². The van der Waals surface area contributed by atoms with Crippen molar-refractivity contribution in [2.45, 2.75) is 37.7 Å². The summed E-state index contributed by atoms with van der Waals surface area (Å²) in [5, 5.41) is 15.8. The van der Waals surface area contributed by atoms with Crippen LogP contribution in [0.15, 0.2) is 6.20 Å². The smallest absolute Gasteiger partial charge is 0.162 e. The Labute approximate surface area is 113 Å². The number of hydrogen-bond acceptors (Lipinski definition) is 3. The first kappa shape index (κ1) is 11.8. The van der Waals surface area contributed by atoms with Gasteiger partial charge in [-0.1, -0.05) is 0 Å². The maximum atomic E-state index is 11.5. The summed E-state index contributed by atoms with van der Waals surface area (Å²) in [5.41, 5.74) is 0.188. The van der Waals surface area contributed by atoms with E-state index in [0.29, 0.717) is 11.8 Å². The van der Waals surface area contributed by atoms with Crippen molar-refractivity contribution < 1.29 is 9.84 Å². The Morgan fingerprint density at radius 2 is 1.79 bits per heavy atom. The standard InChI is InChI=1S/C15H22N2O2/c1-17-14(13(19-2)8-16-17)15(18)11-4-9-3-10(6-11)7-12(15)5-9/h8-12,18H,3-7H2,1-2H3. The van der Waals surface area contributed by atoms with Crippen molar-refractivity contribution in [1.82, 2.24) is 9.78 Å². The van der Waals surface area contributed by atoms with Crippen molar-refractivity contribution in [1.29, 1.82) is 0 Å². The maximum absolute atomic E-state index is 11.5. The fourth-order valence-corrected chi connectivity index (χ4v) is 5.31. The zero-order chi connectivity index (χ0) is 13.2. The molecule has 0 unspecified atom stereocenters. The van der Waals surface area contributed by atoms with Gasteiger partial charge in [-0.15, -0.1) is 0 Å². The summed E-state index contributed by atoms with van der Waals surface area (Å²) >= 11 is 0. The molecule has 4 saturated carbocycles. The van der Waals surface area contributed by atoms with Gasteiger partial charge in [0, 0.05) is 7.05 Å². The predicted octanol–water partition coefficient (Wildman–Crippen LogP) is 2.07. The van der Waals surface area contributed by atoms with Crippen LogP contribution < -0.4 is 4.74 Å². The minimum atomic E-state index is -0.718. The molecule has 4 aliphatic carbocycles. The highest BCUT2D eigenvalue weighted by Crippen LogP contribution is 2.62. The van der Waals surface area contributed by atoms with E-state index in [0.717, 1.165) is 23.3 Å². The minimum absolute atomic E-state index is 0.396. The third-order valence-corrected chi connectivity index (χ3v) is 5.89.